The first kappa shape index (κ1) is 25.2. The Hall–Kier alpha value is -2.85. The van der Waals surface area contributed by atoms with E-state index in [4.69, 9.17) is 9.47 Å². The fraction of sp³-hybridized carbons (Fsp3) is 0.440. The summed E-state index contributed by atoms with van der Waals surface area (Å²) in [6.07, 6.45) is 5.81. The van der Waals surface area contributed by atoms with Crippen molar-refractivity contribution in [2.24, 2.45) is 7.05 Å². The molecule has 1 N–H and O–H groups in total. The second-order valence-corrected chi connectivity index (χ2v) is 10.4. The van der Waals surface area contributed by atoms with Crippen LogP contribution in [0.5, 0.6) is 5.75 Å². The van der Waals surface area contributed by atoms with Crippen LogP contribution in [0.4, 0.5) is 5.00 Å². The number of nitrogens with zero attached hydrogens (tertiary/aromatic N) is 3. The molecular weight excluding hydrogens is 484 g/mol. The molecule has 2 heterocycles. The number of benzene rings is 1. The summed E-state index contributed by atoms with van der Waals surface area (Å²) >= 11 is 2.69. The molecule has 1 amide bonds. The molecule has 0 saturated heterocycles. The Balaban J connectivity index is 1.36. The third kappa shape index (κ3) is 6.24. The number of nitrogens with one attached hydrogen (secondary N) is 1. The van der Waals surface area contributed by atoms with Gasteiger partial charge in [-0.25, -0.2) is 4.79 Å². The molecule has 1 saturated carbocycles. The summed E-state index contributed by atoms with van der Waals surface area (Å²) in [7, 11) is 1.88. The van der Waals surface area contributed by atoms with Gasteiger partial charge in [-0.3, -0.25) is 4.79 Å². The van der Waals surface area contributed by atoms with E-state index in [-0.39, 0.29) is 18.3 Å². The number of aromatic nitrogens is 3. The van der Waals surface area contributed by atoms with Gasteiger partial charge in [0.15, 0.2) is 11.0 Å². The fourth-order valence-corrected chi connectivity index (χ4v) is 5.65. The Morgan fingerprint density at radius 2 is 1.91 bits per heavy atom. The lowest BCUT2D eigenvalue weighted by molar-refractivity contribution is -0.113. The lowest BCUT2D eigenvalue weighted by atomic mass is 10.2. The van der Waals surface area contributed by atoms with E-state index in [1.165, 1.54) is 35.9 Å². The van der Waals surface area contributed by atoms with E-state index in [1.807, 2.05) is 42.8 Å². The Bertz CT molecular complexity index is 1170. The zero-order valence-electron chi connectivity index (χ0n) is 20.2. The molecule has 1 aliphatic rings. The van der Waals surface area contributed by atoms with Gasteiger partial charge in [-0.15, -0.1) is 21.5 Å². The van der Waals surface area contributed by atoms with Crippen LogP contribution in [0.25, 0.3) is 11.4 Å². The second kappa shape index (κ2) is 11.7. The van der Waals surface area contributed by atoms with Gasteiger partial charge in [0.25, 0.3) is 0 Å². The smallest absolute Gasteiger partial charge is 0.341 e. The number of ether oxygens (including phenoxy) is 2. The average Bonchev–Trinajstić information content (AvgIpc) is 3.59. The summed E-state index contributed by atoms with van der Waals surface area (Å²) in [5.41, 5.74) is 1.33. The second-order valence-electron chi connectivity index (χ2n) is 8.28. The topological polar surface area (TPSA) is 95.3 Å². The molecule has 0 atom stereocenters. The summed E-state index contributed by atoms with van der Waals surface area (Å²) in [4.78, 5) is 25.9. The van der Waals surface area contributed by atoms with Crippen LogP contribution in [0, 0.1) is 0 Å². The lowest BCUT2D eigenvalue weighted by Crippen LogP contribution is -2.16. The maximum Gasteiger partial charge on any atom is 0.341 e. The number of thioether (sulfide) groups is 1. The van der Waals surface area contributed by atoms with Crippen molar-refractivity contribution < 1.29 is 19.1 Å². The fourth-order valence-electron chi connectivity index (χ4n) is 3.94. The highest BCUT2D eigenvalue weighted by molar-refractivity contribution is 7.99. The van der Waals surface area contributed by atoms with Gasteiger partial charge >= 0.3 is 5.97 Å². The van der Waals surface area contributed by atoms with Crippen LogP contribution < -0.4 is 10.1 Å². The molecule has 10 heteroatoms. The number of hydrogen-bond acceptors (Lipinski definition) is 8. The van der Waals surface area contributed by atoms with Gasteiger partial charge in [0.1, 0.15) is 10.8 Å². The van der Waals surface area contributed by atoms with E-state index >= 15 is 0 Å². The average molecular weight is 515 g/mol. The molecule has 1 aliphatic carbocycles. The van der Waals surface area contributed by atoms with E-state index < -0.39 is 5.97 Å². The number of hydrogen-bond donors (Lipinski definition) is 1. The minimum absolute atomic E-state index is 0.141. The van der Waals surface area contributed by atoms with Crippen molar-refractivity contribution >= 4 is 40.0 Å². The van der Waals surface area contributed by atoms with E-state index in [2.05, 4.69) is 15.5 Å². The van der Waals surface area contributed by atoms with Gasteiger partial charge < -0.3 is 19.4 Å². The van der Waals surface area contributed by atoms with Gasteiger partial charge in [-0.2, -0.15) is 0 Å². The minimum atomic E-state index is -0.427. The number of esters is 1. The van der Waals surface area contributed by atoms with Crippen LogP contribution in [-0.4, -0.2) is 45.1 Å². The molecule has 8 nitrogen and oxygen atoms in total. The highest BCUT2D eigenvalue weighted by atomic mass is 32.2. The summed E-state index contributed by atoms with van der Waals surface area (Å²) < 4.78 is 13.0. The Kier molecular flexibility index (Phi) is 8.46. The first-order chi connectivity index (χ1) is 17.0. The van der Waals surface area contributed by atoms with Gasteiger partial charge in [-0.1, -0.05) is 18.7 Å². The number of rotatable bonds is 10. The lowest BCUT2D eigenvalue weighted by Gasteiger charge is -2.13. The molecule has 1 fully saturated rings. The number of carbonyl (C=O) groups excluding carboxylic acids is 2. The molecular formula is C25H30N4O4S2. The molecule has 4 rings (SSSR count). The largest absolute Gasteiger partial charge is 0.490 e. The van der Waals surface area contributed by atoms with Crippen molar-refractivity contribution in [2.45, 2.75) is 57.2 Å². The number of carbonyl (C=O) groups is 2. The zero-order chi connectivity index (χ0) is 24.8. The van der Waals surface area contributed by atoms with Crippen molar-refractivity contribution in [3.63, 3.8) is 0 Å². The first-order valence-corrected chi connectivity index (χ1v) is 13.7. The highest BCUT2D eigenvalue weighted by Crippen LogP contribution is 2.30. The van der Waals surface area contributed by atoms with Crippen LogP contribution >= 0.6 is 23.1 Å². The summed E-state index contributed by atoms with van der Waals surface area (Å²) in [5.74, 6) is 1.08. The molecule has 0 bridgehead atoms. The zero-order valence-corrected chi connectivity index (χ0v) is 21.8. The Morgan fingerprint density at radius 1 is 1.17 bits per heavy atom. The number of anilines is 1. The van der Waals surface area contributed by atoms with E-state index in [9.17, 15) is 9.59 Å². The van der Waals surface area contributed by atoms with Crippen molar-refractivity contribution in [1.29, 1.82) is 0 Å². The third-order valence-corrected chi connectivity index (χ3v) is 7.98. The molecule has 0 aliphatic heterocycles. The van der Waals surface area contributed by atoms with Crippen molar-refractivity contribution in [3.8, 4) is 17.1 Å². The monoisotopic (exact) mass is 514 g/mol. The van der Waals surface area contributed by atoms with E-state index in [0.717, 1.165) is 41.3 Å². The molecule has 1 aromatic carbocycles. The first-order valence-electron chi connectivity index (χ1n) is 11.9. The van der Waals surface area contributed by atoms with Gasteiger partial charge in [0.2, 0.25) is 5.91 Å². The summed E-state index contributed by atoms with van der Waals surface area (Å²) in [6, 6.07) is 9.68. The number of aryl methyl sites for hydroxylation is 1. The van der Waals surface area contributed by atoms with E-state index in [1.54, 1.807) is 13.0 Å². The molecule has 0 radical (unpaired) electrons. The van der Waals surface area contributed by atoms with E-state index in [0.29, 0.717) is 21.8 Å². The van der Waals surface area contributed by atoms with Crippen molar-refractivity contribution in [1.82, 2.24) is 14.8 Å². The number of amides is 1. The highest BCUT2D eigenvalue weighted by Gasteiger charge is 2.20. The van der Waals surface area contributed by atoms with Crippen LogP contribution in [0.2, 0.25) is 0 Å². The SMILES string of the molecule is CCOC(=O)c1cc(CC)sc1NC(=O)CSc1nnc(-c2ccc(OC3CCCC3)cc2)n1C. The maximum absolute atomic E-state index is 12.6. The number of thiophene rings is 1. The van der Waals surface area contributed by atoms with Gasteiger partial charge in [0, 0.05) is 17.5 Å². The minimum Gasteiger partial charge on any atom is -0.490 e. The van der Waals surface area contributed by atoms with Crippen molar-refractivity contribution in [3.05, 3.63) is 40.8 Å². The van der Waals surface area contributed by atoms with Crippen LogP contribution in [-0.2, 0) is 23.0 Å². The standard InChI is InChI=1S/C25H30N4O4S2/c1-4-19-14-20(24(31)32-5-2)23(35-19)26-21(30)15-34-25-28-27-22(29(25)3)16-10-12-18(13-11-16)33-17-8-6-7-9-17/h10-14,17H,4-9,15H2,1-3H3,(H,26,30). The Morgan fingerprint density at radius 3 is 2.60 bits per heavy atom. The van der Waals surface area contributed by atoms with Gasteiger partial charge in [0.05, 0.1) is 24.0 Å². The van der Waals surface area contributed by atoms with Gasteiger partial charge in [-0.05, 0) is 69.4 Å². The quantitative estimate of drug-likeness (QED) is 0.288. The molecule has 35 heavy (non-hydrogen) atoms. The summed E-state index contributed by atoms with van der Waals surface area (Å²) in [5, 5.41) is 12.6. The molecule has 186 valence electrons. The molecule has 0 unspecified atom stereocenters. The Labute approximate surface area is 213 Å². The van der Waals surface area contributed by atoms with Crippen LogP contribution in [0.1, 0.15) is 54.8 Å². The molecule has 2 aromatic heterocycles. The molecule has 3 aromatic rings. The predicted octanol–water partition coefficient (Wildman–Crippen LogP) is 5.33. The van der Waals surface area contributed by atoms with Crippen molar-refractivity contribution in [2.75, 3.05) is 17.7 Å². The maximum atomic E-state index is 12.6. The van der Waals surface area contributed by atoms with Crippen LogP contribution in [0.15, 0.2) is 35.5 Å². The normalized spacial score (nSPS) is 13.7. The van der Waals surface area contributed by atoms with Crippen LogP contribution in [0.3, 0.4) is 0 Å². The summed E-state index contributed by atoms with van der Waals surface area (Å²) in [6.45, 7) is 4.04. The predicted molar refractivity (Wildman–Crippen MR) is 138 cm³/mol. The molecule has 0 spiro atoms. The third-order valence-electron chi connectivity index (χ3n) is 5.76.